The van der Waals surface area contributed by atoms with Crippen LogP contribution in [0.3, 0.4) is 0 Å². The van der Waals surface area contributed by atoms with Crippen molar-refractivity contribution in [3.05, 3.63) is 71.8 Å². The predicted molar refractivity (Wildman–Crippen MR) is 97.3 cm³/mol. The summed E-state index contributed by atoms with van der Waals surface area (Å²) in [5.74, 6) is -1.79. The molecular formula is C20H22N2O4. The zero-order valence-corrected chi connectivity index (χ0v) is 14.5. The average molecular weight is 354 g/mol. The van der Waals surface area contributed by atoms with Crippen LogP contribution < -0.4 is 10.6 Å². The summed E-state index contributed by atoms with van der Waals surface area (Å²) in [6, 6.07) is 16.7. The minimum atomic E-state index is -1.10. The Balaban J connectivity index is 2.05. The lowest BCUT2D eigenvalue weighted by Gasteiger charge is -2.20. The van der Waals surface area contributed by atoms with Crippen molar-refractivity contribution in [1.82, 2.24) is 10.6 Å². The topological polar surface area (TPSA) is 95.5 Å². The second-order valence-corrected chi connectivity index (χ2v) is 6.02. The molecule has 0 saturated heterocycles. The van der Waals surface area contributed by atoms with E-state index in [0.29, 0.717) is 0 Å². The summed E-state index contributed by atoms with van der Waals surface area (Å²) in [6.07, 6.45) is 0.153. The van der Waals surface area contributed by atoms with Crippen molar-refractivity contribution in [1.29, 1.82) is 0 Å². The number of carboxylic acid groups (broad SMARTS) is 1. The average Bonchev–Trinajstić information content (AvgIpc) is 2.62. The monoisotopic (exact) mass is 354 g/mol. The van der Waals surface area contributed by atoms with Gasteiger partial charge in [0.15, 0.2) is 0 Å². The molecule has 6 nitrogen and oxygen atoms in total. The third-order valence-corrected chi connectivity index (χ3v) is 3.88. The molecule has 2 atom stereocenters. The van der Waals surface area contributed by atoms with Crippen molar-refractivity contribution < 1.29 is 19.5 Å². The first-order chi connectivity index (χ1) is 12.5. The summed E-state index contributed by atoms with van der Waals surface area (Å²) in [5.41, 5.74) is 1.61. The van der Waals surface area contributed by atoms with Crippen LogP contribution in [0.15, 0.2) is 60.7 Å². The number of carbonyl (C=O) groups is 3. The van der Waals surface area contributed by atoms with Gasteiger partial charge in [-0.25, -0.2) is 4.79 Å². The van der Waals surface area contributed by atoms with Crippen LogP contribution in [0, 0.1) is 0 Å². The molecule has 0 spiro atoms. The second-order valence-electron chi connectivity index (χ2n) is 6.02. The van der Waals surface area contributed by atoms with E-state index in [1.54, 1.807) is 0 Å². The number of rotatable bonds is 8. The van der Waals surface area contributed by atoms with Gasteiger partial charge in [0.05, 0.1) is 12.5 Å². The Morgan fingerprint density at radius 3 is 2.04 bits per heavy atom. The van der Waals surface area contributed by atoms with Gasteiger partial charge in [0.1, 0.15) is 6.04 Å². The third-order valence-electron chi connectivity index (χ3n) is 3.88. The molecular weight excluding hydrogens is 332 g/mol. The molecule has 3 N–H and O–H groups in total. The van der Waals surface area contributed by atoms with Crippen LogP contribution in [-0.4, -0.2) is 28.9 Å². The minimum absolute atomic E-state index is 0.0395. The van der Waals surface area contributed by atoms with E-state index in [1.807, 2.05) is 60.7 Å². The Hall–Kier alpha value is -3.15. The number of amides is 2. The fourth-order valence-corrected chi connectivity index (χ4v) is 2.67. The van der Waals surface area contributed by atoms with Crippen molar-refractivity contribution in [2.45, 2.75) is 31.8 Å². The highest BCUT2D eigenvalue weighted by Crippen LogP contribution is 2.16. The highest BCUT2D eigenvalue weighted by molar-refractivity contribution is 5.84. The molecule has 0 bridgehead atoms. The Bertz CT molecular complexity index is 747. The van der Waals surface area contributed by atoms with Crippen molar-refractivity contribution in [3.8, 4) is 0 Å². The van der Waals surface area contributed by atoms with E-state index in [2.05, 4.69) is 10.6 Å². The molecule has 136 valence electrons. The van der Waals surface area contributed by atoms with E-state index in [4.69, 9.17) is 0 Å². The summed E-state index contributed by atoms with van der Waals surface area (Å²) in [5, 5.41) is 14.7. The highest BCUT2D eigenvalue weighted by atomic mass is 16.4. The summed E-state index contributed by atoms with van der Waals surface area (Å²) in [6.45, 7) is 1.38. The molecule has 0 heterocycles. The van der Waals surface area contributed by atoms with Gasteiger partial charge in [0.2, 0.25) is 11.8 Å². The van der Waals surface area contributed by atoms with Gasteiger partial charge < -0.3 is 15.7 Å². The highest BCUT2D eigenvalue weighted by Gasteiger charge is 2.23. The number of nitrogens with one attached hydrogen (secondary N) is 2. The number of benzene rings is 2. The molecule has 1 unspecified atom stereocenters. The summed E-state index contributed by atoms with van der Waals surface area (Å²) >= 11 is 0. The standard InChI is InChI=1S/C20H22N2O4/c1-14(23)21-17(16-10-6-3-7-11-16)13-19(24)22-18(20(25)26)12-15-8-4-2-5-9-15/h2-11,17-18H,12-13H2,1H3,(H,21,23)(H,22,24)(H,25,26)/t17?,18-/m0/s1. The molecule has 26 heavy (non-hydrogen) atoms. The molecule has 0 saturated carbocycles. The van der Waals surface area contributed by atoms with Gasteiger partial charge >= 0.3 is 5.97 Å². The van der Waals surface area contributed by atoms with E-state index < -0.39 is 24.0 Å². The first-order valence-corrected chi connectivity index (χ1v) is 8.34. The minimum Gasteiger partial charge on any atom is -0.480 e. The Kier molecular flexibility index (Phi) is 6.91. The lowest BCUT2D eigenvalue weighted by molar-refractivity contribution is -0.142. The fourth-order valence-electron chi connectivity index (χ4n) is 2.67. The van der Waals surface area contributed by atoms with Crippen molar-refractivity contribution in [3.63, 3.8) is 0 Å². The maximum Gasteiger partial charge on any atom is 0.326 e. The van der Waals surface area contributed by atoms with Crippen molar-refractivity contribution >= 4 is 17.8 Å². The Labute approximate surface area is 152 Å². The van der Waals surface area contributed by atoms with Gasteiger partial charge in [-0.05, 0) is 11.1 Å². The van der Waals surface area contributed by atoms with Crippen LogP contribution in [-0.2, 0) is 20.8 Å². The maximum absolute atomic E-state index is 12.4. The van der Waals surface area contributed by atoms with Crippen LogP contribution in [0.2, 0.25) is 0 Å². The molecule has 2 aromatic carbocycles. The fraction of sp³-hybridized carbons (Fsp3) is 0.250. The zero-order valence-electron chi connectivity index (χ0n) is 14.5. The first kappa shape index (κ1) is 19.2. The Morgan fingerprint density at radius 2 is 1.50 bits per heavy atom. The smallest absolute Gasteiger partial charge is 0.326 e. The van der Waals surface area contributed by atoms with Crippen molar-refractivity contribution in [2.75, 3.05) is 0 Å². The Morgan fingerprint density at radius 1 is 0.923 bits per heavy atom. The van der Waals surface area contributed by atoms with Crippen LogP contribution in [0.1, 0.15) is 30.5 Å². The molecule has 0 radical (unpaired) electrons. The summed E-state index contributed by atoms with van der Waals surface area (Å²) < 4.78 is 0. The van der Waals surface area contributed by atoms with Gasteiger partial charge in [-0.1, -0.05) is 60.7 Å². The SMILES string of the molecule is CC(=O)NC(CC(=O)N[C@@H](Cc1ccccc1)C(=O)O)c1ccccc1. The van der Waals surface area contributed by atoms with Gasteiger partial charge in [0.25, 0.3) is 0 Å². The normalized spacial score (nSPS) is 12.7. The first-order valence-electron chi connectivity index (χ1n) is 8.34. The summed E-state index contributed by atoms with van der Waals surface area (Å²) in [4.78, 5) is 35.3. The summed E-state index contributed by atoms with van der Waals surface area (Å²) in [7, 11) is 0. The quantitative estimate of drug-likeness (QED) is 0.676. The number of carboxylic acids is 1. The largest absolute Gasteiger partial charge is 0.480 e. The van der Waals surface area contributed by atoms with Gasteiger partial charge in [0, 0.05) is 13.3 Å². The number of hydrogen-bond donors (Lipinski definition) is 3. The number of carbonyl (C=O) groups excluding carboxylic acids is 2. The lowest BCUT2D eigenvalue weighted by Crippen LogP contribution is -2.43. The van der Waals surface area contributed by atoms with E-state index in [1.165, 1.54) is 6.92 Å². The lowest BCUT2D eigenvalue weighted by atomic mass is 10.0. The van der Waals surface area contributed by atoms with Crippen LogP contribution >= 0.6 is 0 Å². The molecule has 0 fully saturated rings. The number of aliphatic carboxylic acids is 1. The molecule has 0 aliphatic carbocycles. The molecule has 2 amide bonds. The van der Waals surface area contributed by atoms with Gasteiger partial charge in [-0.2, -0.15) is 0 Å². The molecule has 2 aromatic rings. The molecule has 6 heteroatoms. The third kappa shape index (κ3) is 6.05. The second kappa shape index (κ2) is 9.36. The number of hydrogen-bond acceptors (Lipinski definition) is 3. The molecule has 0 aromatic heterocycles. The molecule has 0 aliphatic rings. The van der Waals surface area contributed by atoms with Gasteiger partial charge in [-0.15, -0.1) is 0 Å². The van der Waals surface area contributed by atoms with Gasteiger partial charge in [-0.3, -0.25) is 9.59 Å². The van der Waals surface area contributed by atoms with Crippen LogP contribution in [0.5, 0.6) is 0 Å². The molecule has 2 rings (SSSR count). The van der Waals surface area contributed by atoms with Crippen LogP contribution in [0.25, 0.3) is 0 Å². The van der Waals surface area contributed by atoms with Crippen molar-refractivity contribution in [2.24, 2.45) is 0 Å². The maximum atomic E-state index is 12.4. The predicted octanol–water partition coefficient (Wildman–Crippen LogP) is 2.07. The van der Waals surface area contributed by atoms with E-state index in [0.717, 1.165) is 11.1 Å². The van der Waals surface area contributed by atoms with E-state index in [9.17, 15) is 19.5 Å². The van der Waals surface area contributed by atoms with E-state index >= 15 is 0 Å². The van der Waals surface area contributed by atoms with E-state index in [-0.39, 0.29) is 18.7 Å². The van der Waals surface area contributed by atoms with Crippen LogP contribution in [0.4, 0.5) is 0 Å². The zero-order chi connectivity index (χ0) is 18.9. The molecule has 0 aliphatic heterocycles.